The van der Waals surface area contributed by atoms with E-state index in [0.717, 1.165) is 48.3 Å². The summed E-state index contributed by atoms with van der Waals surface area (Å²) in [5.41, 5.74) is 4.83. The molecule has 0 saturated carbocycles. The van der Waals surface area contributed by atoms with E-state index in [1.165, 1.54) is 5.56 Å². The third-order valence-corrected chi connectivity index (χ3v) is 4.76. The molecule has 0 radical (unpaired) electrons. The second kappa shape index (κ2) is 7.71. The van der Waals surface area contributed by atoms with Gasteiger partial charge in [0.1, 0.15) is 10.7 Å². The number of rotatable bonds is 5. The molecule has 0 amide bonds. The summed E-state index contributed by atoms with van der Waals surface area (Å²) in [4.78, 5) is 3.27. The van der Waals surface area contributed by atoms with Crippen molar-refractivity contribution in [3.63, 3.8) is 0 Å². The van der Waals surface area contributed by atoms with Gasteiger partial charge in [0.15, 0.2) is 11.5 Å². The van der Waals surface area contributed by atoms with Crippen molar-refractivity contribution in [2.75, 3.05) is 13.2 Å². The van der Waals surface area contributed by atoms with Gasteiger partial charge >= 0.3 is 0 Å². The Morgan fingerprint density at radius 1 is 1.12 bits per heavy atom. The monoisotopic (exact) mass is 354 g/mol. The van der Waals surface area contributed by atoms with Gasteiger partial charge in [-0.25, -0.2) is 0 Å². The van der Waals surface area contributed by atoms with Gasteiger partial charge in [0, 0.05) is 11.3 Å². The van der Waals surface area contributed by atoms with Crippen molar-refractivity contribution >= 4 is 12.2 Å². The second-order valence-electron chi connectivity index (χ2n) is 6.01. The number of pyridine rings is 1. The van der Waals surface area contributed by atoms with Gasteiger partial charge in [-0.15, -0.1) is 0 Å². The molecule has 0 atom stereocenters. The first kappa shape index (κ1) is 17.5. The van der Waals surface area contributed by atoms with E-state index < -0.39 is 0 Å². The molecule has 0 saturated heterocycles. The highest BCUT2D eigenvalue weighted by molar-refractivity contribution is 7.71. The zero-order chi connectivity index (χ0) is 17.8. The Morgan fingerprint density at radius 2 is 1.84 bits per heavy atom. The van der Waals surface area contributed by atoms with Gasteiger partial charge in [0.05, 0.1) is 18.8 Å². The summed E-state index contributed by atoms with van der Waals surface area (Å²) in [6.07, 6.45) is 4.22. The number of aromatic nitrogens is 1. The summed E-state index contributed by atoms with van der Waals surface area (Å²) in [6.45, 7) is 5.03. The number of aromatic amines is 1. The van der Waals surface area contributed by atoms with Crippen LogP contribution in [0.5, 0.6) is 11.5 Å². The van der Waals surface area contributed by atoms with E-state index in [4.69, 9.17) is 21.7 Å². The van der Waals surface area contributed by atoms with Gasteiger partial charge in [-0.2, -0.15) is 5.26 Å². The molecule has 4 nitrogen and oxygen atoms in total. The molecule has 0 bridgehead atoms. The predicted molar refractivity (Wildman–Crippen MR) is 101 cm³/mol. The maximum absolute atomic E-state index is 9.68. The molecule has 0 unspecified atom stereocenters. The van der Waals surface area contributed by atoms with Crippen molar-refractivity contribution in [3.05, 3.63) is 39.7 Å². The second-order valence-corrected chi connectivity index (χ2v) is 6.42. The molecular formula is C20H22N2O2S. The average Bonchev–Trinajstić information content (AvgIpc) is 2.62. The molecule has 1 heterocycles. The van der Waals surface area contributed by atoms with Crippen LogP contribution in [0.1, 0.15) is 43.5 Å². The number of fused-ring (bicyclic) bond motifs is 1. The third kappa shape index (κ3) is 3.40. The van der Waals surface area contributed by atoms with E-state index in [-0.39, 0.29) is 0 Å². The van der Waals surface area contributed by atoms with Gasteiger partial charge < -0.3 is 14.5 Å². The number of benzene rings is 1. The molecule has 0 spiro atoms. The molecule has 3 rings (SSSR count). The molecule has 130 valence electrons. The van der Waals surface area contributed by atoms with E-state index in [2.05, 4.69) is 11.1 Å². The third-order valence-electron chi connectivity index (χ3n) is 4.45. The molecule has 0 fully saturated rings. The summed E-state index contributed by atoms with van der Waals surface area (Å²) in [6, 6.07) is 8.17. The number of aryl methyl sites for hydroxylation is 1. The minimum Gasteiger partial charge on any atom is -0.490 e. The van der Waals surface area contributed by atoms with E-state index >= 15 is 0 Å². The topological polar surface area (TPSA) is 58.0 Å². The van der Waals surface area contributed by atoms with Gasteiger partial charge in [0.2, 0.25) is 0 Å². The van der Waals surface area contributed by atoms with Crippen molar-refractivity contribution in [3.8, 4) is 28.7 Å². The molecular weight excluding hydrogens is 332 g/mol. The van der Waals surface area contributed by atoms with Crippen LogP contribution >= 0.6 is 12.2 Å². The zero-order valence-electron chi connectivity index (χ0n) is 14.6. The summed E-state index contributed by atoms with van der Waals surface area (Å²) in [5, 5.41) is 9.68. The minimum absolute atomic E-state index is 0.519. The van der Waals surface area contributed by atoms with Crippen molar-refractivity contribution in [2.24, 2.45) is 0 Å². The van der Waals surface area contributed by atoms with Gasteiger partial charge in [-0.05, 0) is 62.8 Å². The lowest BCUT2D eigenvalue weighted by Crippen LogP contribution is -2.09. The Labute approximate surface area is 153 Å². The van der Waals surface area contributed by atoms with Crippen LogP contribution in [0.25, 0.3) is 11.1 Å². The van der Waals surface area contributed by atoms with Crippen molar-refractivity contribution in [1.82, 2.24) is 4.98 Å². The van der Waals surface area contributed by atoms with Crippen LogP contribution in [0.4, 0.5) is 0 Å². The van der Waals surface area contributed by atoms with E-state index in [0.29, 0.717) is 29.2 Å². The van der Waals surface area contributed by atoms with Crippen LogP contribution in [-0.2, 0) is 12.8 Å². The van der Waals surface area contributed by atoms with E-state index in [1.54, 1.807) is 0 Å². The zero-order valence-corrected chi connectivity index (χ0v) is 15.5. The molecule has 1 aliphatic carbocycles. The van der Waals surface area contributed by atoms with Crippen molar-refractivity contribution in [1.29, 1.82) is 5.26 Å². The fourth-order valence-electron chi connectivity index (χ4n) is 3.41. The van der Waals surface area contributed by atoms with E-state index in [9.17, 15) is 5.26 Å². The fraction of sp³-hybridized carbons (Fsp3) is 0.400. The van der Waals surface area contributed by atoms with Crippen LogP contribution in [-0.4, -0.2) is 18.2 Å². The number of nitrogens with one attached hydrogen (secondary N) is 1. The Kier molecular flexibility index (Phi) is 5.40. The molecule has 25 heavy (non-hydrogen) atoms. The standard InChI is InChI=1S/C20H22N2O2S/c1-3-23-17-10-9-13(11-18(17)24-4-2)19-14-7-5-6-8-16(14)22-20(25)15(19)12-21/h9-11H,3-8H2,1-2H3,(H,22,25). The summed E-state index contributed by atoms with van der Waals surface area (Å²) >= 11 is 5.44. The van der Waals surface area contributed by atoms with E-state index in [1.807, 2.05) is 32.0 Å². The Hall–Kier alpha value is -2.32. The molecule has 1 aromatic carbocycles. The van der Waals surface area contributed by atoms with Crippen LogP contribution < -0.4 is 9.47 Å². The van der Waals surface area contributed by atoms with Crippen LogP contribution in [0.2, 0.25) is 0 Å². The molecule has 1 aromatic heterocycles. The number of nitriles is 1. The Bertz CT molecular complexity index is 880. The first-order chi connectivity index (χ1) is 12.2. The summed E-state index contributed by atoms with van der Waals surface area (Å²) in [7, 11) is 0. The number of hydrogen-bond donors (Lipinski definition) is 1. The smallest absolute Gasteiger partial charge is 0.161 e. The van der Waals surface area contributed by atoms with Crippen LogP contribution in [0.15, 0.2) is 18.2 Å². The summed E-state index contributed by atoms with van der Waals surface area (Å²) < 4.78 is 11.9. The SMILES string of the molecule is CCOc1ccc(-c2c3c([nH]c(=S)c2C#N)CCCC3)cc1OCC. The number of H-pyrrole nitrogens is 1. The first-order valence-corrected chi connectivity index (χ1v) is 9.18. The average molecular weight is 354 g/mol. The normalized spacial score (nSPS) is 13.0. The molecule has 1 aliphatic rings. The fourth-order valence-corrected chi connectivity index (χ4v) is 3.69. The largest absolute Gasteiger partial charge is 0.490 e. The number of nitrogens with zero attached hydrogens (tertiary/aromatic N) is 1. The Balaban J connectivity index is 2.22. The lowest BCUT2D eigenvalue weighted by molar-refractivity contribution is 0.288. The molecule has 2 aromatic rings. The lowest BCUT2D eigenvalue weighted by Gasteiger charge is -2.21. The summed E-state index contributed by atoms with van der Waals surface area (Å²) in [5.74, 6) is 1.43. The highest BCUT2D eigenvalue weighted by Gasteiger charge is 2.21. The van der Waals surface area contributed by atoms with Crippen LogP contribution in [0.3, 0.4) is 0 Å². The number of hydrogen-bond acceptors (Lipinski definition) is 4. The van der Waals surface area contributed by atoms with Crippen molar-refractivity contribution < 1.29 is 9.47 Å². The van der Waals surface area contributed by atoms with Gasteiger partial charge in [-0.3, -0.25) is 0 Å². The highest BCUT2D eigenvalue weighted by Crippen LogP contribution is 2.38. The maximum Gasteiger partial charge on any atom is 0.161 e. The quantitative estimate of drug-likeness (QED) is 0.771. The molecule has 0 aliphatic heterocycles. The van der Waals surface area contributed by atoms with Gasteiger partial charge in [-0.1, -0.05) is 18.3 Å². The predicted octanol–water partition coefficient (Wildman–Crippen LogP) is 4.96. The first-order valence-electron chi connectivity index (χ1n) is 8.77. The van der Waals surface area contributed by atoms with Crippen LogP contribution in [0, 0.1) is 16.0 Å². The van der Waals surface area contributed by atoms with Crippen molar-refractivity contribution in [2.45, 2.75) is 39.5 Å². The highest BCUT2D eigenvalue weighted by atomic mass is 32.1. The van der Waals surface area contributed by atoms with Gasteiger partial charge in [0.25, 0.3) is 0 Å². The lowest BCUT2D eigenvalue weighted by atomic mass is 9.87. The Morgan fingerprint density at radius 3 is 2.56 bits per heavy atom. The molecule has 1 N–H and O–H groups in total. The number of ether oxygens (including phenoxy) is 2. The molecule has 5 heteroatoms. The minimum atomic E-state index is 0.519. The maximum atomic E-state index is 9.68.